The SMILES string of the molecule is OC(CNc1ccc(Br)cc1)Cn1c2ccc(Br)cc2c2cc(Br)ccc21. The van der Waals surface area contributed by atoms with Crippen LogP contribution in [0.1, 0.15) is 0 Å². The number of rotatable bonds is 5. The van der Waals surface area contributed by atoms with Crippen molar-refractivity contribution >= 4 is 75.3 Å². The highest BCUT2D eigenvalue weighted by Crippen LogP contribution is 2.33. The van der Waals surface area contributed by atoms with Crippen molar-refractivity contribution in [1.29, 1.82) is 0 Å². The van der Waals surface area contributed by atoms with Gasteiger partial charge in [-0.25, -0.2) is 0 Å². The second kappa shape index (κ2) is 7.95. The highest BCUT2D eigenvalue weighted by Gasteiger charge is 2.14. The Morgan fingerprint density at radius 3 is 1.85 bits per heavy atom. The van der Waals surface area contributed by atoms with E-state index in [9.17, 15) is 5.11 Å². The molecule has 4 aromatic rings. The van der Waals surface area contributed by atoms with E-state index in [1.165, 1.54) is 10.8 Å². The number of fused-ring (bicyclic) bond motifs is 3. The minimum absolute atomic E-state index is 0.482. The normalized spacial score (nSPS) is 12.6. The Kier molecular flexibility index (Phi) is 5.60. The van der Waals surface area contributed by atoms with Crippen molar-refractivity contribution in [2.75, 3.05) is 11.9 Å². The molecular weight excluding hydrogens is 536 g/mol. The zero-order valence-corrected chi connectivity index (χ0v) is 19.1. The molecule has 1 unspecified atom stereocenters. The summed E-state index contributed by atoms with van der Waals surface area (Å²) < 4.78 is 5.33. The molecule has 0 saturated heterocycles. The first-order chi connectivity index (χ1) is 13.0. The van der Waals surface area contributed by atoms with Gasteiger partial charge in [0, 0.05) is 47.5 Å². The molecule has 3 aromatic carbocycles. The van der Waals surface area contributed by atoms with Crippen LogP contribution in [0.3, 0.4) is 0 Å². The molecular formula is C21H17Br3N2O. The van der Waals surface area contributed by atoms with Gasteiger partial charge in [-0.05, 0) is 60.7 Å². The van der Waals surface area contributed by atoms with Gasteiger partial charge in [-0.1, -0.05) is 47.8 Å². The van der Waals surface area contributed by atoms with E-state index < -0.39 is 6.10 Å². The van der Waals surface area contributed by atoms with Crippen LogP contribution >= 0.6 is 47.8 Å². The van der Waals surface area contributed by atoms with Gasteiger partial charge in [-0.15, -0.1) is 0 Å². The van der Waals surface area contributed by atoms with Crippen LogP contribution in [-0.2, 0) is 6.54 Å². The van der Waals surface area contributed by atoms with Gasteiger partial charge in [0.25, 0.3) is 0 Å². The van der Waals surface area contributed by atoms with Gasteiger partial charge in [0.1, 0.15) is 0 Å². The maximum absolute atomic E-state index is 10.7. The molecule has 0 aliphatic rings. The molecule has 1 aromatic heterocycles. The summed E-state index contributed by atoms with van der Waals surface area (Å²) in [5, 5.41) is 16.3. The summed E-state index contributed by atoms with van der Waals surface area (Å²) in [5.74, 6) is 0. The Labute approximate surface area is 182 Å². The Morgan fingerprint density at radius 1 is 0.778 bits per heavy atom. The van der Waals surface area contributed by atoms with E-state index in [-0.39, 0.29) is 0 Å². The van der Waals surface area contributed by atoms with Crippen LogP contribution in [0, 0.1) is 0 Å². The molecule has 2 N–H and O–H groups in total. The third kappa shape index (κ3) is 4.09. The van der Waals surface area contributed by atoms with Crippen molar-refractivity contribution < 1.29 is 5.11 Å². The van der Waals surface area contributed by atoms with E-state index in [2.05, 4.69) is 81.9 Å². The van der Waals surface area contributed by atoms with Crippen molar-refractivity contribution in [2.45, 2.75) is 12.6 Å². The third-order valence-corrected chi connectivity index (χ3v) is 6.08. The monoisotopic (exact) mass is 550 g/mol. The maximum Gasteiger partial charge on any atom is 0.0891 e. The number of hydrogen-bond donors (Lipinski definition) is 2. The first-order valence-electron chi connectivity index (χ1n) is 8.56. The second-order valence-electron chi connectivity index (χ2n) is 6.48. The van der Waals surface area contributed by atoms with Crippen molar-refractivity contribution in [3.05, 3.63) is 74.1 Å². The van der Waals surface area contributed by atoms with Crippen molar-refractivity contribution in [3.8, 4) is 0 Å². The van der Waals surface area contributed by atoms with E-state index >= 15 is 0 Å². The summed E-state index contributed by atoms with van der Waals surface area (Å²) in [7, 11) is 0. The minimum Gasteiger partial charge on any atom is -0.389 e. The predicted octanol–water partition coefficient (Wildman–Crippen LogP) is 6.56. The lowest BCUT2D eigenvalue weighted by Gasteiger charge is -2.15. The van der Waals surface area contributed by atoms with E-state index in [4.69, 9.17) is 0 Å². The molecule has 0 spiro atoms. The number of aromatic nitrogens is 1. The average Bonchev–Trinajstić information content (AvgIpc) is 2.94. The fourth-order valence-electron chi connectivity index (χ4n) is 3.32. The summed E-state index contributed by atoms with van der Waals surface area (Å²) in [6, 6.07) is 20.5. The molecule has 0 bridgehead atoms. The zero-order valence-electron chi connectivity index (χ0n) is 14.3. The Hall–Kier alpha value is -1.34. The van der Waals surface area contributed by atoms with Gasteiger partial charge < -0.3 is 15.0 Å². The Morgan fingerprint density at radius 2 is 1.30 bits per heavy atom. The van der Waals surface area contributed by atoms with Gasteiger partial charge in [0.05, 0.1) is 12.6 Å². The lowest BCUT2D eigenvalue weighted by Crippen LogP contribution is -2.24. The van der Waals surface area contributed by atoms with E-state index in [0.717, 1.165) is 30.1 Å². The minimum atomic E-state index is -0.514. The zero-order chi connectivity index (χ0) is 19.0. The number of nitrogens with zero attached hydrogens (tertiary/aromatic N) is 1. The summed E-state index contributed by atoms with van der Waals surface area (Å²) in [6.07, 6.45) is -0.514. The fourth-order valence-corrected chi connectivity index (χ4v) is 4.31. The van der Waals surface area contributed by atoms with Gasteiger partial charge in [0.2, 0.25) is 0 Å². The summed E-state index contributed by atoms with van der Waals surface area (Å²) in [6.45, 7) is 1.00. The van der Waals surface area contributed by atoms with Gasteiger partial charge in [0.15, 0.2) is 0 Å². The molecule has 0 saturated carbocycles. The lowest BCUT2D eigenvalue weighted by molar-refractivity contribution is 0.169. The first-order valence-corrected chi connectivity index (χ1v) is 10.9. The van der Waals surface area contributed by atoms with E-state index in [1.807, 2.05) is 36.4 Å². The maximum atomic E-state index is 10.7. The molecule has 1 atom stereocenters. The number of halogens is 3. The molecule has 6 heteroatoms. The second-order valence-corrected chi connectivity index (χ2v) is 9.22. The van der Waals surface area contributed by atoms with Gasteiger partial charge in [-0.2, -0.15) is 0 Å². The lowest BCUT2D eigenvalue weighted by atomic mass is 10.2. The Bertz CT molecular complexity index is 1050. The first kappa shape index (κ1) is 19.0. The molecule has 0 radical (unpaired) electrons. The molecule has 3 nitrogen and oxygen atoms in total. The largest absolute Gasteiger partial charge is 0.389 e. The number of aliphatic hydroxyl groups is 1. The van der Waals surface area contributed by atoms with Gasteiger partial charge >= 0.3 is 0 Å². The van der Waals surface area contributed by atoms with Gasteiger partial charge in [-0.3, -0.25) is 0 Å². The number of aliphatic hydroxyl groups excluding tert-OH is 1. The van der Waals surface area contributed by atoms with Crippen LogP contribution in [0.4, 0.5) is 5.69 Å². The molecule has 4 rings (SSSR count). The van der Waals surface area contributed by atoms with E-state index in [0.29, 0.717) is 13.1 Å². The molecule has 138 valence electrons. The molecule has 27 heavy (non-hydrogen) atoms. The highest BCUT2D eigenvalue weighted by atomic mass is 79.9. The number of anilines is 1. The van der Waals surface area contributed by atoms with Crippen LogP contribution in [-0.4, -0.2) is 22.3 Å². The fraction of sp³-hybridized carbons (Fsp3) is 0.143. The molecule has 0 amide bonds. The smallest absolute Gasteiger partial charge is 0.0891 e. The topological polar surface area (TPSA) is 37.2 Å². The van der Waals surface area contributed by atoms with E-state index in [1.54, 1.807) is 0 Å². The number of nitrogens with one attached hydrogen (secondary N) is 1. The van der Waals surface area contributed by atoms with Crippen LogP contribution in [0.2, 0.25) is 0 Å². The number of benzene rings is 3. The van der Waals surface area contributed by atoms with Crippen molar-refractivity contribution in [1.82, 2.24) is 4.57 Å². The van der Waals surface area contributed by atoms with Crippen LogP contribution in [0.25, 0.3) is 21.8 Å². The predicted molar refractivity (Wildman–Crippen MR) is 123 cm³/mol. The van der Waals surface area contributed by atoms with Crippen LogP contribution < -0.4 is 5.32 Å². The third-order valence-electron chi connectivity index (χ3n) is 4.57. The Balaban J connectivity index is 1.63. The average molecular weight is 553 g/mol. The summed E-state index contributed by atoms with van der Waals surface area (Å²) in [4.78, 5) is 0. The highest BCUT2D eigenvalue weighted by molar-refractivity contribution is 9.11. The summed E-state index contributed by atoms with van der Waals surface area (Å²) in [5.41, 5.74) is 3.23. The van der Waals surface area contributed by atoms with Crippen molar-refractivity contribution in [2.24, 2.45) is 0 Å². The standard InChI is InChI=1S/C21H17Br3N2O/c22-13-1-5-16(6-2-13)25-11-17(27)12-26-20-7-3-14(23)9-18(20)19-10-15(24)4-8-21(19)26/h1-10,17,25,27H,11-12H2. The van der Waals surface area contributed by atoms with Crippen molar-refractivity contribution in [3.63, 3.8) is 0 Å². The molecule has 0 aliphatic heterocycles. The molecule has 0 aliphatic carbocycles. The van der Waals surface area contributed by atoms with Crippen LogP contribution in [0.5, 0.6) is 0 Å². The molecule has 0 fully saturated rings. The quantitative estimate of drug-likeness (QED) is 0.294. The molecule has 1 heterocycles. The van der Waals surface area contributed by atoms with Crippen LogP contribution in [0.15, 0.2) is 74.1 Å². The number of hydrogen-bond acceptors (Lipinski definition) is 2. The summed E-state index contributed by atoms with van der Waals surface area (Å²) >= 11 is 10.6.